The van der Waals surface area contributed by atoms with Gasteiger partial charge in [0.05, 0.1) is 0 Å². The van der Waals surface area contributed by atoms with Crippen LogP contribution in [0.3, 0.4) is 0 Å². The fraction of sp³-hybridized carbons (Fsp3) is 0.222. The molecular weight excluding hydrogens is 290 g/mol. The number of nitrogens with zero attached hydrogens (tertiary/aromatic N) is 1. The van der Waals surface area contributed by atoms with Crippen molar-refractivity contribution in [3.05, 3.63) is 53.9 Å². The molecule has 0 aliphatic carbocycles. The molecular formula is C18H19N3O2. The van der Waals surface area contributed by atoms with Gasteiger partial charge in [-0.25, -0.2) is 9.78 Å². The first kappa shape index (κ1) is 15.1. The molecule has 5 nitrogen and oxygen atoms in total. The molecule has 3 rings (SSSR count). The van der Waals surface area contributed by atoms with Gasteiger partial charge in [-0.1, -0.05) is 24.6 Å². The minimum Gasteiger partial charge on any atom is -0.441 e. The molecule has 1 aromatic heterocycles. The Morgan fingerprint density at radius 3 is 2.52 bits per heavy atom. The second kappa shape index (κ2) is 6.52. The van der Waals surface area contributed by atoms with Crippen LogP contribution in [-0.2, 0) is 6.42 Å². The van der Waals surface area contributed by atoms with Gasteiger partial charge in [-0.3, -0.25) is 0 Å². The molecule has 23 heavy (non-hydrogen) atoms. The summed E-state index contributed by atoms with van der Waals surface area (Å²) >= 11 is 0. The number of hydrogen-bond donors (Lipinski definition) is 2. The van der Waals surface area contributed by atoms with Crippen LogP contribution in [0.5, 0.6) is 0 Å². The van der Waals surface area contributed by atoms with Crippen LogP contribution in [-0.4, -0.2) is 11.0 Å². The van der Waals surface area contributed by atoms with Crippen molar-refractivity contribution in [2.45, 2.75) is 26.7 Å². The fourth-order valence-electron chi connectivity index (χ4n) is 2.30. The molecule has 0 saturated heterocycles. The third-order valence-electron chi connectivity index (χ3n) is 3.46. The third kappa shape index (κ3) is 3.69. The Morgan fingerprint density at radius 1 is 1.09 bits per heavy atom. The molecule has 2 amide bonds. The van der Waals surface area contributed by atoms with Crippen LogP contribution in [0.2, 0.25) is 0 Å². The van der Waals surface area contributed by atoms with Crippen molar-refractivity contribution in [3.63, 3.8) is 0 Å². The van der Waals surface area contributed by atoms with Crippen LogP contribution in [0, 0.1) is 6.92 Å². The lowest BCUT2D eigenvalue weighted by molar-refractivity contribution is 0.262. The highest BCUT2D eigenvalue weighted by Crippen LogP contribution is 2.21. The Balaban J connectivity index is 1.70. The molecule has 0 spiro atoms. The highest BCUT2D eigenvalue weighted by Gasteiger charge is 2.08. The van der Waals surface area contributed by atoms with Crippen molar-refractivity contribution >= 4 is 28.5 Å². The Bertz CT molecular complexity index is 822. The standard InChI is InChI=1S/C18H19N3O2/c1-3-4-17-21-15-10-9-14(11-16(15)23-17)20-18(22)19-13-7-5-12(2)6-8-13/h5-11H,3-4H2,1-2H3,(H2,19,20,22). The molecule has 3 aromatic rings. The Kier molecular flexibility index (Phi) is 4.28. The van der Waals surface area contributed by atoms with Gasteiger partial charge >= 0.3 is 6.03 Å². The van der Waals surface area contributed by atoms with E-state index in [2.05, 4.69) is 22.5 Å². The summed E-state index contributed by atoms with van der Waals surface area (Å²) in [6.45, 7) is 4.08. The van der Waals surface area contributed by atoms with Crippen molar-refractivity contribution < 1.29 is 9.21 Å². The average Bonchev–Trinajstić information content (AvgIpc) is 2.91. The Hall–Kier alpha value is -2.82. The predicted octanol–water partition coefficient (Wildman–Crippen LogP) is 4.73. The van der Waals surface area contributed by atoms with Crippen molar-refractivity contribution in [1.82, 2.24) is 4.98 Å². The summed E-state index contributed by atoms with van der Waals surface area (Å²) in [6.07, 6.45) is 1.79. The van der Waals surface area contributed by atoms with Crippen LogP contribution in [0.1, 0.15) is 24.8 Å². The number of fused-ring (bicyclic) bond motifs is 1. The topological polar surface area (TPSA) is 67.2 Å². The molecule has 5 heteroatoms. The SMILES string of the molecule is CCCc1nc2ccc(NC(=O)Nc3ccc(C)cc3)cc2o1. The maximum Gasteiger partial charge on any atom is 0.323 e. The van der Waals surface area contributed by atoms with Gasteiger partial charge in [0, 0.05) is 23.9 Å². The van der Waals surface area contributed by atoms with Gasteiger partial charge in [0.15, 0.2) is 11.5 Å². The van der Waals surface area contributed by atoms with E-state index < -0.39 is 0 Å². The highest BCUT2D eigenvalue weighted by atomic mass is 16.3. The lowest BCUT2D eigenvalue weighted by Gasteiger charge is -2.07. The van der Waals surface area contributed by atoms with Crippen LogP contribution in [0.4, 0.5) is 16.2 Å². The lowest BCUT2D eigenvalue weighted by Crippen LogP contribution is -2.19. The van der Waals surface area contributed by atoms with E-state index in [1.165, 1.54) is 0 Å². The van der Waals surface area contributed by atoms with E-state index in [-0.39, 0.29) is 6.03 Å². The average molecular weight is 309 g/mol. The zero-order valence-corrected chi connectivity index (χ0v) is 13.2. The van der Waals surface area contributed by atoms with Crippen LogP contribution >= 0.6 is 0 Å². The molecule has 2 aromatic carbocycles. The monoisotopic (exact) mass is 309 g/mol. The number of amides is 2. The molecule has 0 atom stereocenters. The number of urea groups is 1. The summed E-state index contributed by atoms with van der Waals surface area (Å²) < 4.78 is 5.68. The van der Waals surface area contributed by atoms with E-state index in [9.17, 15) is 4.79 Å². The van der Waals surface area contributed by atoms with Gasteiger partial charge in [-0.05, 0) is 37.6 Å². The highest BCUT2D eigenvalue weighted by molar-refractivity contribution is 6.00. The van der Waals surface area contributed by atoms with Crippen LogP contribution in [0.25, 0.3) is 11.1 Å². The fourth-order valence-corrected chi connectivity index (χ4v) is 2.30. The zero-order valence-electron chi connectivity index (χ0n) is 13.2. The minimum atomic E-state index is -0.290. The summed E-state index contributed by atoms with van der Waals surface area (Å²) in [4.78, 5) is 16.4. The number of hydrogen-bond acceptors (Lipinski definition) is 3. The van der Waals surface area contributed by atoms with Crippen molar-refractivity contribution in [2.24, 2.45) is 0 Å². The number of anilines is 2. The van der Waals surface area contributed by atoms with Gasteiger partial charge in [0.1, 0.15) is 5.52 Å². The maximum absolute atomic E-state index is 12.0. The number of benzene rings is 2. The second-order valence-corrected chi connectivity index (χ2v) is 5.49. The van der Waals surface area contributed by atoms with Gasteiger partial charge < -0.3 is 15.1 Å². The Morgan fingerprint density at radius 2 is 1.78 bits per heavy atom. The molecule has 0 saturated carbocycles. The molecule has 0 radical (unpaired) electrons. The van der Waals surface area contributed by atoms with E-state index >= 15 is 0 Å². The summed E-state index contributed by atoms with van der Waals surface area (Å²) in [5.41, 5.74) is 4.05. The smallest absolute Gasteiger partial charge is 0.323 e. The first-order chi connectivity index (χ1) is 11.1. The quantitative estimate of drug-likeness (QED) is 0.732. The van der Waals surface area contributed by atoms with E-state index in [1.54, 1.807) is 6.07 Å². The second-order valence-electron chi connectivity index (χ2n) is 5.49. The molecule has 0 fully saturated rings. The van der Waals surface area contributed by atoms with Crippen molar-refractivity contribution in [2.75, 3.05) is 10.6 Å². The number of aryl methyl sites for hydroxylation is 2. The van der Waals surface area contributed by atoms with Crippen molar-refractivity contribution in [1.29, 1.82) is 0 Å². The Labute approximate surface area is 134 Å². The number of carbonyl (C=O) groups excluding carboxylic acids is 1. The minimum absolute atomic E-state index is 0.290. The lowest BCUT2D eigenvalue weighted by atomic mass is 10.2. The molecule has 0 bridgehead atoms. The summed E-state index contributed by atoms with van der Waals surface area (Å²) in [6, 6.07) is 12.8. The van der Waals surface area contributed by atoms with Gasteiger partial charge in [0.25, 0.3) is 0 Å². The summed E-state index contributed by atoms with van der Waals surface area (Å²) in [5.74, 6) is 0.726. The largest absolute Gasteiger partial charge is 0.441 e. The first-order valence-corrected chi connectivity index (χ1v) is 7.68. The van der Waals surface area contributed by atoms with Crippen LogP contribution < -0.4 is 10.6 Å². The van der Waals surface area contributed by atoms with Crippen LogP contribution in [0.15, 0.2) is 46.9 Å². The van der Waals surface area contributed by atoms with Gasteiger partial charge in [0.2, 0.25) is 0 Å². The van der Waals surface area contributed by atoms with Crippen molar-refractivity contribution in [3.8, 4) is 0 Å². The predicted molar refractivity (Wildman–Crippen MR) is 91.8 cm³/mol. The van der Waals surface area contributed by atoms with Gasteiger partial charge in [-0.15, -0.1) is 0 Å². The van der Waals surface area contributed by atoms with E-state index in [0.717, 1.165) is 35.5 Å². The molecule has 1 heterocycles. The summed E-state index contributed by atoms with van der Waals surface area (Å²) in [7, 11) is 0. The first-order valence-electron chi connectivity index (χ1n) is 7.68. The number of nitrogens with one attached hydrogen (secondary N) is 2. The zero-order chi connectivity index (χ0) is 16.2. The molecule has 0 aliphatic rings. The third-order valence-corrected chi connectivity index (χ3v) is 3.46. The number of aromatic nitrogens is 1. The molecule has 118 valence electrons. The van der Waals surface area contributed by atoms with E-state index in [4.69, 9.17) is 4.42 Å². The molecule has 2 N–H and O–H groups in total. The number of oxazole rings is 1. The summed E-state index contributed by atoms with van der Waals surface area (Å²) in [5, 5.41) is 5.60. The van der Waals surface area contributed by atoms with E-state index in [1.807, 2.05) is 43.3 Å². The van der Waals surface area contributed by atoms with Gasteiger partial charge in [-0.2, -0.15) is 0 Å². The molecule has 0 aliphatic heterocycles. The molecule has 0 unspecified atom stereocenters. The van der Waals surface area contributed by atoms with E-state index in [0.29, 0.717) is 11.3 Å². The number of carbonyl (C=O) groups is 1. The normalized spacial score (nSPS) is 10.7. The number of rotatable bonds is 4. The maximum atomic E-state index is 12.0.